The first-order chi connectivity index (χ1) is 12.6. The Morgan fingerprint density at radius 2 is 1.96 bits per heavy atom. The van der Waals surface area contributed by atoms with Crippen molar-refractivity contribution in [1.29, 1.82) is 0 Å². The zero-order valence-corrected chi connectivity index (χ0v) is 16.6. The summed E-state index contributed by atoms with van der Waals surface area (Å²) >= 11 is 0. The van der Waals surface area contributed by atoms with E-state index in [1.54, 1.807) is 0 Å². The van der Waals surface area contributed by atoms with Crippen molar-refractivity contribution >= 4 is 5.76 Å². The molecule has 1 aliphatic heterocycles. The molecule has 26 heavy (non-hydrogen) atoms. The number of hydrogen-bond acceptors (Lipinski definition) is 3. The molecule has 2 heterocycles. The van der Waals surface area contributed by atoms with Gasteiger partial charge in [0, 0.05) is 23.2 Å². The van der Waals surface area contributed by atoms with Crippen molar-refractivity contribution in [2.45, 2.75) is 71.6 Å². The summed E-state index contributed by atoms with van der Waals surface area (Å²) in [5.74, 6) is 4.04. The van der Waals surface area contributed by atoms with Crippen LogP contribution in [-0.2, 0) is 4.74 Å². The van der Waals surface area contributed by atoms with Crippen LogP contribution in [0, 0.1) is 17.3 Å². The van der Waals surface area contributed by atoms with Crippen molar-refractivity contribution in [1.82, 2.24) is 4.98 Å². The average Bonchev–Trinajstić information content (AvgIpc) is 3.56. The normalized spacial score (nSPS) is 25.2. The van der Waals surface area contributed by atoms with Crippen LogP contribution < -0.4 is 4.74 Å². The van der Waals surface area contributed by atoms with Crippen molar-refractivity contribution in [3.63, 3.8) is 0 Å². The first-order valence-corrected chi connectivity index (χ1v) is 10.6. The lowest BCUT2D eigenvalue weighted by Crippen LogP contribution is -2.31. The zero-order valence-electron chi connectivity index (χ0n) is 16.6. The van der Waals surface area contributed by atoms with Gasteiger partial charge in [0.25, 0.3) is 0 Å². The second kappa shape index (κ2) is 7.25. The minimum atomic E-state index is 0.275. The summed E-state index contributed by atoms with van der Waals surface area (Å²) in [6, 6.07) is 2.14. The predicted octanol–water partition coefficient (Wildman–Crippen LogP) is 5.95. The van der Waals surface area contributed by atoms with Crippen LogP contribution in [0.1, 0.15) is 82.9 Å². The number of hydrogen-bond donors (Lipinski definition) is 0. The molecule has 1 atom stereocenters. The molecule has 0 saturated heterocycles. The van der Waals surface area contributed by atoms with Crippen molar-refractivity contribution < 1.29 is 9.47 Å². The molecule has 0 bridgehead atoms. The Labute approximate surface area is 158 Å². The Morgan fingerprint density at radius 3 is 2.62 bits per heavy atom. The van der Waals surface area contributed by atoms with E-state index in [-0.39, 0.29) is 5.41 Å². The zero-order chi connectivity index (χ0) is 18.1. The Morgan fingerprint density at radius 1 is 1.19 bits per heavy atom. The van der Waals surface area contributed by atoms with Crippen LogP contribution in [-0.4, -0.2) is 18.2 Å². The maximum Gasteiger partial charge on any atom is 0.141 e. The molecule has 0 N–H and O–H groups in total. The SMILES string of the molecule is CCC1(CC)COC(c2cc(OCC3CC3)c(C3CC3)cn2)=CCC1C. The summed E-state index contributed by atoms with van der Waals surface area (Å²) in [6.07, 6.45) is 12.9. The van der Waals surface area contributed by atoms with Gasteiger partial charge in [-0.3, -0.25) is 4.98 Å². The Kier molecular flexibility index (Phi) is 4.98. The molecule has 3 heteroatoms. The smallest absolute Gasteiger partial charge is 0.141 e. The van der Waals surface area contributed by atoms with Gasteiger partial charge in [0.2, 0.25) is 0 Å². The molecule has 0 spiro atoms. The molecule has 3 aliphatic rings. The molecular formula is C23H33NO2. The standard InChI is InChI=1S/C23H33NO2/c1-4-23(5-2)15-26-21(11-6-16(23)3)20-12-22(25-14-17-7-8-17)19(13-24-20)18-9-10-18/h11-13,16-18H,4-10,14-15H2,1-3H3. The quantitative estimate of drug-likeness (QED) is 0.605. The lowest BCUT2D eigenvalue weighted by Gasteiger charge is -2.35. The number of aromatic nitrogens is 1. The largest absolute Gasteiger partial charge is 0.493 e. The van der Waals surface area contributed by atoms with Crippen LogP contribution in [0.15, 0.2) is 18.3 Å². The van der Waals surface area contributed by atoms with Crippen molar-refractivity contribution in [2.24, 2.45) is 17.3 Å². The molecule has 1 unspecified atom stereocenters. The first-order valence-electron chi connectivity index (χ1n) is 10.6. The Hall–Kier alpha value is -1.51. The fraction of sp³-hybridized carbons (Fsp3) is 0.696. The van der Waals surface area contributed by atoms with Crippen LogP contribution in [0.25, 0.3) is 5.76 Å². The van der Waals surface area contributed by atoms with E-state index in [4.69, 9.17) is 14.5 Å². The minimum absolute atomic E-state index is 0.275. The molecule has 0 aromatic carbocycles. The van der Waals surface area contributed by atoms with E-state index in [0.717, 1.165) is 55.6 Å². The van der Waals surface area contributed by atoms with Crippen molar-refractivity contribution in [3.8, 4) is 5.75 Å². The monoisotopic (exact) mass is 355 g/mol. The van der Waals surface area contributed by atoms with E-state index in [9.17, 15) is 0 Å². The molecule has 0 radical (unpaired) electrons. The lowest BCUT2D eigenvalue weighted by molar-refractivity contribution is 0.0679. The van der Waals surface area contributed by atoms with Gasteiger partial charge in [-0.05, 0) is 68.8 Å². The third-order valence-corrected chi connectivity index (χ3v) is 6.96. The molecule has 0 amide bonds. The Bertz CT molecular complexity index is 669. The van der Waals surface area contributed by atoms with E-state index < -0.39 is 0 Å². The summed E-state index contributed by atoms with van der Waals surface area (Å²) in [5.41, 5.74) is 2.51. The summed E-state index contributed by atoms with van der Waals surface area (Å²) < 4.78 is 12.5. The van der Waals surface area contributed by atoms with Crippen LogP contribution in [0.5, 0.6) is 5.75 Å². The molecule has 4 rings (SSSR count). The maximum atomic E-state index is 6.31. The minimum Gasteiger partial charge on any atom is -0.493 e. The van der Waals surface area contributed by atoms with E-state index in [0.29, 0.717) is 11.8 Å². The van der Waals surface area contributed by atoms with Gasteiger partial charge in [0.15, 0.2) is 0 Å². The number of pyridine rings is 1. The van der Waals surface area contributed by atoms with Crippen molar-refractivity contribution in [2.75, 3.05) is 13.2 Å². The molecule has 3 nitrogen and oxygen atoms in total. The highest BCUT2D eigenvalue weighted by Gasteiger charge is 2.36. The van der Waals surface area contributed by atoms with Crippen LogP contribution >= 0.6 is 0 Å². The second-order valence-electron chi connectivity index (χ2n) is 8.70. The van der Waals surface area contributed by atoms with E-state index in [2.05, 4.69) is 32.9 Å². The van der Waals surface area contributed by atoms with Gasteiger partial charge in [-0.1, -0.05) is 20.8 Å². The van der Waals surface area contributed by atoms with Gasteiger partial charge in [0.1, 0.15) is 17.2 Å². The van der Waals surface area contributed by atoms with Crippen LogP contribution in [0.4, 0.5) is 0 Å². The molecular weight excluding hydrogens is 322 g/mol. The van der Waals surface area contributed by atoms with E-state index in [1.165, 1.54) is 31.2 Å². The highest BCUT2D eigenvalue weighted by molar-refractivity contribution is 5.59. The molecule has 1 aromatic rings. The van der Waals surface area contributed by atoms with E-state index >= 15 is 0 Å². The van der Waals surface area contributed by atoms with Gasteiger partial charge >= 0.3 is 0 Å². The van der Waals surface area contributed by atoms with Gasteiger partial charge in [-0.25, -0.2) is 0 Å². The van der Waals surface area contributed by atoms with Gasteiger partial charge in [0.05, 0.1) is 13.2 Å². The molecule has 2 fully saturated rings. The summed E-state index contributed by atoms with van der Waals surface area (Å²) in [5, 5.41) is 0. The van der Waals surface area contributed by atoms with Gasteiger partial charge in [-0.15, -0.1) is 0 Å². The molecule has 2 saturated carbocycles. The highest BCUT2D eigenvalue weighted by Crippen LogP contribution is 2.46. The van der Waals surface area contributed by atoms with Gasteiger partial charge in [-0.2, -0.15) is 0 Å². The summed E-state index contributed by atoms with van der Waals surface area (Å²) in [7, 11) is 0. The number of nitrogens with zero attached hydrogens (tertiary/aromatic N) is 1. The number of allylic oxidation sites excluding steroid dienone is 1. The Balaban J connectivity index is 1.55. The van der Waals surface area contributed by atoms with Gasteiger partial charge < -0.3 is 9.47 Å². The molecule has 142 valence electrons. The second-order valence-corrected chi connectivity index (χ2v) is 8.70. The topological polar surface area (TPSA) is 31.4 Å². The molecule has 1 aromatic heterocycles. The third-order valence-electron chi connectivity index (χ3n) is 6.96. The summed E-state index contributed by atoms with van der Waals surface area (Å²) in [6.45, 7) is 8.59. The maximum absolute atomic E-state index is 6.31. The fourth-order valence-corrected chi connectivity index (χ4v) is 4.19. The predicted molar refractivity (Wildman–Crippen MR) is 105 cm³/mol. The summed E-state index contributed by atoms with van der Waals surface area (Å²) in [4.78, 5) is 4.76. The van der Waals surface area contributed by atoms with Crippen LogP contribution in [0.3, 0.4) is 0 Å². The number of ether oxygens (including phenoxy) is 2. The van der Waals surface area contributed by atoms with E-state index in [1.807, 2.05) is 6.20 Å². The fourth-order valence-electron chi connectivity index (χ4n) is 4.19. The third kappa shape index (κ3) is 3.63. The lowest BCUT2D eigenvalue weighted by atomic mass is 9.71. The van der Waals surface area contributed by atoms with Crippen molar-refractivity contribution in [3.05, 3.63) is 29.6 Å². The first kappa shape index (κ1) is 17.9. The number of rotatable bonds is 7. The molecule has 2 aliphatic carbocycles. The highest BCUT2D eigenvalue weighted by atomic mass is 16.5. The van der Waals surface area contributed by atoms with Crippen LogP contribution in [0.2, 0.25) is 0 Å². The average molecular weight is 356 g/mol.